The van der Waals surface area contributed by atoms with E-state index in [1.807, 2.05) is 0 Å². The first-order valence-corrected chi connectivity index (χ1v) is 5.34. The molecule has 0 aromatic heterocycles. The summed E-state index contributed by atoms with van der Waals surface area (Å²) in [5.74, 6) is -7.10. The van der Waals surface area contributed by atoms with Crippen LogP contribution in [0.1, 0.15) is 0 Å². The Morgan fingerprint density at radius 2 is 1.43 bits per heavy atom. The molecule has 1 aromatic carbocycles. The zero-order valence-electron chi connectivity index (χ0n) is 10.3. The monoisotopic (exact) mass is 306 g/mol. The average molecular weight is 306 g/mol. The van der Waals surface area contributed by atoms with Gasteiger partial charge in [-0.05, 0) is 0 Å². The minimum atomic E-state index is -1.52. The van der Waals surface area contributed by atoms with Crippen molar-refractivity contribution < 1.29 is 37.8 Å². The van der Waals surface area contributed by atoms with E-state index in [1.165, 1.54) is 0 Å². The maximum Gasteiger partial charge on any atom is 0.323 e. The maximum atomic E-state index is 13.3. The molecule has 0 atom stereocenters. The fraction of sp³-hybridized carbons (Fsp3) is 0.182. The molecule has 0 radical (unpaired) electrons. The Bertz CT molecular complexity index is 554. The minimum Gasteiger partial charge on any atom is -0.480 e. The number of carbonyl (C=O) groups excluding carboxylic acids is 1. The predicted molar refractivity (Wildman–Crippen MR) is 62.2 cm³/mol. The van der Waals surface area contributed by atoms with Gasteiger partial charge in [0.25, 0.3) is 0 Å². The molecular formula is C11H9F3N2O5. The van der Waals surface area contributed by atoms with Crippen molar-refractivity contribution in [1.82, 2.24) is 4.90 Å². The first-order valence-electron chi connectivity index (χ1n) is 5.34. The lowest BCUT2D eigenvalue weighted by Crippen LogP contribution is -2.42. The number of aliphatic carboxylic acids is 2. The third kappa shape index (κ3) is 4.67. The van der Waals surface area contributed by atoms with Crippen molar-refractivity contribution in [2.24, 2.45) is 0 Å². The Hall–Kier alpha value is -2.78. The Morgan fingerprint density at radius 1 is 1.00 bits per heavy atom. The van der Waals surface area contributed by atoms with Crippen LogP contribution in [0.2, 0.25) is 0 Å². The van der Waals surface area contributed by atoms with Gasteiger partial charge in [-0.1, -0.05) is 0 Å². The number of carboxylic acids is 2. The smallest absolute Gasteiger partial charge is 0.323 e. The molecule has 0 bridgehead atoms. The van der Waals surface area contributed by atoms with Gasteiger partial charge in [-0.25, -0.2) is 18.0 Å². The Balaban J connectivity index is 2.96. The lowest BCUT2D eigenvalue weighted by molar-refractivity contribution is -0.140. The van der Waals surface area contributed by atoms with Crippen LogP contribution in [0.3, 0.4) is 0 Å². The molecular weight excluding hydrogens is 297 g/mol. The van der Waals surface area contributed by atoms with E-state index in [4.69, 9.17) is 10.2 Å². The van der Waals surface area contributed by atoms with Gasteiger partial charge in [0.05, 0.1) is 0 Å². The van der Waals surface area contributed by atoms with Crippen molar-refractivity contribution in [2.45, 2.75) is 0 Å². The van der Waals surface area contributed by atoms with Crippen LogP contribution in [0, 0.1) is 17.5 Å². The molecule has 0 spiro atoms. The highest BCUT2D eigenvalue weighted by atomic mass is 19.1. The van der Waals surface area contributed by atoms with Crippen molar-refractivity contribution in [3.8, 4) is 0 Å². The molecule has 0 saturated carbocycles. The molecule has 3 N–H and O–H groups in total. The molecule has 0 aliphatic heterocycles. The number of carboxylic acid groups (broad SMARTS) is 2. The van der Waals surface area contributed by atoms with E-state index in [0.717, 1.165) is 0 Å². The normalized spacial score (nSPS) is 10.0. The third-order valence-corrected chi connectivity index (χ3v) is 2.18. The summed E-state index contributed by atoms with van der Waals surface area (Å²) in [5.41, 5.74) is -1.01. The molecule has 21 heavy (non-hydrogen) atoms. The van der Waals surface area contributed by atoms with E-state index < -0.39 is 54.2 Å². The molecule has 0 saturated heterocycles. The number of benzene rings is 1. The molecule has 0 aliphatic carbocycles. The Morgan fingerprint density at radius 3 is 1.81 bits per heavy atom. The zero-order valence-corrected chi connectivity index (χ0v) is 10.3. The SMILES string of the molecule is O=C(O)CN(CC(=O)O)C(=O)Nc1c(F)cc(F)cc1F. The molecule has 0 unspecified atom stereocenters. The fourth-order valence-electron chi connectivity index (χ4n) is 1.37. The summed E-state index contributed by atoms with van der Waals surface area (Å²) in [5, 5.41) is 18.8. The van der Waals surface area contributed by atoms with Gasteiger partial charge in [0.1, 0.15) is 24.6 Å². The Labute approximate surface area is 115 Å². The highest BCUT2D eigenvalue weighted by Crippen LogP contribution is 2.20. The summed E-state index contributed by atoms with van der Waals surface area (Å²) in [6.07, 6.45) is 0. The zero-order chi connectivity index (χ0) is 16.2. The lowest BCUT2D eigenvalue weighted by Gasteiger charge is -2.19. The second kappa shape index (κ2) is 6.59. The van der Waals surface area contributed by atoms with E-state index in [2.05, 4.69) is 0 Å². The van der Waals surface area contributed by atoms with E-state index in [0.29, 0.717) is 17.0 Å². The van der Waals surface area contributed by atoms with Crippen molar-refractivity contribution in [2.75, 3.05) is 18.4 Å². The third-order valence-electron chi connectivity index (χ3n) is 2.18. The van der Waals surface area contributed by atoms with Crippen LogP contribution in [0.5, 0.6) is 0 Å². The van der Waals surface area contributed by atoms with Crippen molar-refractivity contribution in [3.63, 3.8) is 0 Å². The first-order chi connectivity index (χ1) is 9.70. The summed E-state index contributed by atoms with van der Waals surface area (Å²) < 4.78 is 39.3. The van der Waals surface area contributed by atoms with Gasteiger partial charge < -0.3 is 20.4 Å². The van der Waals surface area contributed by atoms with E-state index in [1.54, 1.807) is 5.32 Å². The number of hydrogen-bond acceptors (Lipinski definition) is 3. The molecule has 2 amide bonds. The number of rotatable bonds is 5. The maximum absolute atomic E-state index is 13.3. The highest BCUT2D eigenvalue weighted by molar-refractivity contribution is 5.93. The minimum absolute atomic E-state index is 0.299. The molecule has 114 valence electrons. The number of hydrogen-bond donors (Lipinski definition) is 3. The number of amides is 2. The van der Waals surface area contributed by atoms with Gasteiger partial charge in [0.2, 0.25) is 0 Å². The predicted octanol–water partition coefficient (Wildman–Crippen LogP) is 1.11. The summed E-state index contributed by atoms with van der Waals surface area (Å²) in [6.45, 7) is -1.99. The quantitative estimate of drug-likeness (QED) is 0.755. The van der Waals surface area contributed by atoms with Crippen LogP contribution in [0.25, 0.3) is 0 Å². The molecule has 7 nitrogen and oxygen atoms in total. The van der Waals surface area contributed by atoms with Crippen LogP contribution < -0.4 is 5.32 Å². The number of nitrogens with zero attached hydrogens (tertiary/aromatic N) is 1. The second-order valence-electron chi connectivity index (χ2n) is 3.82. The summed E-state index contributed by atoms with van der Waals surface area (Å²) in [6, 6.07) is -0.751. The van der Waals surface area contributed by atoms with Crippen molar-refractivity contribution >= 4 is 23.7 Å². The largest absolute Gasteiger partial charge is 0.480 e. The summed E-state index contributed by atoms with van der Waals surface area (Å²) in [7, 11) is 0. The van der Waals surface area contributed by atoms with Gasteiger partial charge in [0.15, 0.2) is 11.6 Å². The van der Waals surface area contributed by atoms with Gasteiger partial charge in [0, 0.05) is 12.1 Å². The van der Waals surface area contributed by atoms with E-state index >= 15 is 0 Å². The Kier molecular flexibility index (Phi) is 5.11. The number of urea groups is 1. The fourth-order valence-corrected chi connectivity index (χ4v) is 1.37. The standard InChI is InChI=1S/C11H9F3N2O5/c12-5-1-6(13)10(7(14)2-5)15-11(21)16(3-8(17)18)4-9(19)20/h1-2H,3-4H2,(H,15,21)(H,17,18)(H,19,20). The number of anilines is 1. The molecule has 1 rings (SSSR count). The number of carbonyl (C=O) groups is 3. The lowest BCUT2D eigenvalue weighted by atomic mass is 10.3. The van der Waals surface area contributed by atoms with Crippen LogP contribution in [0.4, 0.5) is 23.7 Å². The van der Waals surface area contributed by atoms with Crippen molar-refractivity contribution in [3.05, 3.63) is 29.6 Å². The first kappa shape index (κ1) is 16.3. The van der Waals surface area contributed by atoms with Gasteiger partial charge in [-0.15, -0.1) is 0 Å². The van der Waals surface area contributed by atoms with Crippen LogP contribution in [-0.2, 0) is 9.59 Å². The molecule has 0 fully saturated rings. The molecule has 1 aromatic rings. The van der Waals surface area contributed by atoms with Gasteiger partial charge >= 0.3 is 18.0 Å². The summed E-state index contributed by atoms with van der Waals surface area (Å²) in [4.78, 5) is 33.0. The molecule has 10 heteroatoms. The van der Waals surface area contributed by atoms with Crippen LogP contribution in [-0.4, -0.2) is 46.2 Å². The average Bonchev–Trinajstić information content (AvgIpc) is 2.31. The number of halogens is 3. The van der Waals surface area contributed by atoms with E-state index in [-0.39, 0.29) is 0 Å². The van der Waals surface area contributed by atoms with Crippen LogP contribution in [0.15, 0.2) is 12.1 Å². The second-order valence-corrected chi connectivity index (χ2v) is 3.82. The van der Waals surface area contributed by atoms with E-state index in [9.17, 15) is 27.6 Å². The summed E-state index contributed by atoms with van der Waals surface area (Å²) >= 11 is 0. The van der Waals surface area contributed by atoms with Crippen LogP contribution >= 0.6 is 0 Å². The van der Waals surface area contributed by atoms with Crippen molar-refractivity contribution in [1.29, 1.82) is 0 Å². The molecule has 0 heterocycles. The number of nitrogens with one attached hydrogen (secondary N) is 1. The van der Waals surface area contributed by atoms with Gasteiger partial charge in [-0.2, -0.15) is 0 Å². The topological polar surface area (TPSA) is 107 Å². The molecule has 0 aliphatic rings. The van der Waals surface area contributed by atoms with Gasteiger partial charge in [-0.3, -0.25) is 9.59 Å². The highest BCUT2D eigenvalue weighted by Gasteiger charge is 2.22.